The van der Waals surface area contributed by atoms with E-state index >= 15 is 0 Å². The molecule has 0 bridgehead atoms. The van der Waals surface area contributed by atoms with Crippen LogP contribution < -0.4 is 20.5 Å². The number of urea groups is 1. The molecule has 5 heterocycles. The van der Waals surface area contributed by atoms with Gasteiger partial charge in [0.05, 0.1) is 23.5 Å². The first-order valence-corrected chi connectivity index (χ1v) is 12.9. The first kappa shape index (κ1) is 24.8. The second-order valence-corrected chi connectivity index (χ2v) is 9.93. The molecule has 2 amide bonds. The van der Waals surface area contributed by atoms with E-state index in [4.69, 9.17) is 4.74 Å². The molecule has 2 fully saturated rings. The molecular weight excluding hydrogens is 503 g/mol. The quantitative estimate of drug-likeness (QED) is 0.406. The van der Waals surface area contributed by atoms with Crippen LogP contribution in [0.2, 0.25) is 0 Å². The summed E-state index contributed by atoms with van der Waals surface area (Å²) in [6, 6.07) is 9.18. The second-order valence-electron chi connectivity index (χ2n) is 9.93. The fourth-order valence-electron chi connectivity index (χ4n) is 5.30. The zero-order valence-corrected chi connectivity index (χ0v) is 22.0. The van der Waals surface area contributed by atoms with Crippen molar-refractivity contribution in [3.63, 3.8) is 0 Å². The molecule has 0 radical (unpaired) electrons. The zero-order chi connectivity index (χ0) is 27.3. The van der Waals surface area contributed by atoms with Gasteiger partial charge < -0.3 is 19.9 Å². The number of piperazine rings is 1. The number of benzene rings is 1. The molecule has 0 saturated carbocycles. The molecule has 3 aromatic heterocycles. The summed E-state index contributed by atoms with van der Waals surface area (Å²) in [5, 5.41) is 3.44. The first-order chi connectivity index (χ1) is 18.8. The Balaban J connectivity index is 1.30. The van der Waals surface area contributed by atoms with Gasteiger partial charge in [0.15, 0.2) is 0 Å². The van der Waals surface area contributed by atoms with Gasteiger partial charge >= 0.3 is 6.03 Å². The van der Waals surface area contributed by atoms with Crippen LogP contribution >= 0.6 is 0 Å². The molecular formula is C27H29FN8O3. The highest BCUT2D eigenvalue weighted by Gasteiger charge is 2.36. The van der Waals surface area contributed by atoms with Crippen LogP contribution in [0.1, 0.15) is 18.3 Å². The molecule has 1 aromatic carbocycles. The van der Waals surface area contributed by atoms with Crippen molar-refractivity contribution < 1.29 is 13.9 Å². The minimum atomic E-state index is -1.49. The molecule has 39 heavy (non-hydrogen) atoms. The van der Waals surface area contributed by atoms with Gasteiger partial charge in [-0.3, -0.25) is 19.1 Å². The van der Waals surface area contributed by atoms with Crippen LogP contribution in [0.15, 0.2) is 47.5 Å². The second kappa shape index (κ2) is 9.68. The zero-order valence-electron chi connectivity index (χ0n) is 22.0. The van der Waals surface area contributed by atoms with E-state index in [1.165, 1.54) is 11.6 Å². The lowest BCUT2D eigenvalue weighted by Gasteiger charge is -2.36. The van der Waals surface area contributed by atoms with Crippen LogP contribution in [0, 0.1) is 6.92 Å². The average Bonchev–Trinajstić information content (AvgIpc) is 3.42. The van der Waals surface area contributed by atoms with Crippen LogP contribution in [0.5, 0.6) is 5.75 Å². The highest BCUT2D eigenvalue weighted by molar-refractivity contribution is 5.84. The van der Waals surface area contributed by atoms with Crippen molar-refractivity contribution >= 4 is 22.9 Å². The van der Waals surface area contributed by atoms with E-state index in [0.717, 1.165) is 16.8 Å². The lowest BCUT2D eigenvalue weighted by molar-refractivity contribution is 0.0841. The summed E-state index contributed by atoms with van der Waals surface area (Å²) < 4.78 is 22.3. The summed E-state index contributed by atoms with van der Waals surface area (Å²) in [5.74, 6) is 0.958. The van der Waals surface area contributed by atoms with E-state index in [-0.39, 0.29) is 24.2 Å². The van der Waals surface area contributed by atoms with Crippen LogP contribution in [0.25, 0.3) is 22.0 Å². The maximum absolute atomic E-state index is 13.7. The number of rotatable bonds is 6. The Hall–Kier alpha value is -4.48. The van der Waals surface area contributed by atoms with E-state index in [9.17, 15) is 14.0 Å². The molecule has 12 heteroatoms. The summed E-state index contributed by atoms with van der Waals surface area (Å²) in [6.07, 6.45) is 2.06. The summed E-state index contributed by atoms with van der Waals surface area (Å²) in [5.41, 5.74) is 3.53. The predicted molar refractivity (Wildman–Crippen MR) is 144 cm³/mol. The number of carbonyl (C=O) groups is 1. The molecule has 11 nitrogen and oxygen atoms in total. The Kier molecular flexibility index (Phi) is 6.16. The van der Waals surface area contributed by atoms with Crippen molar-refractivity contribution in [2.45, 2.75) is 32.8 Å². The molecule has 2 aliphatic rings. The highest BCUT2D eigenvalue weighted by Crippen LogP contribution is 2.26. The van der Waals surface area contributed by atoms with Gasteiger partial charge in [0.25, 0.3) is 5.56 Å². The number of alkyl halides is 1. The molecule has 0 spiro atoms. The smallest absolute Gasteiger partial charge is 0.317 e. The Morgan fingerprint density at radius 3 is 2.69 bits per heavy atom. The van der Waals surface area contributed by atoms with Gasteiger partial charge in [-0.05, 0) is 36.8 Å². The van der Waals surface area contributed by atoms with Crippen molar-refractivity contribution in [1.82, 2.24) is 34.5 Å². The minimum Gasteiger partial charge on any atom is -0.459 e. The van der Waals surface area contributed by atoms with Crippen LogP contribution in [-0.4, -0.2) is 73.8 Å². The Labute approximate surface area is 223 Å². The Morgan fingerprint density at radius 1 is 1.13 bits per heavy atom. The van der Waals surface area contributed by atoms with Gasteiger partial charge in [-0.15, -0.1) is 0 Å². The largest absolute Gasteiger partial charge is 0.459 e. The number of amides is 2. The lowest BCUT2D eigenvalue weighted by Crippen LogP contribution is -2.52. The number of nitrogens with one attached hydrogen (secondary N) is 1. The van der Waals surface area contributed by atoms with Gasteiger partial charge in [-0.25, -0.2) is 19.2 Å². The van der Waals surface area contributed by atoms with E-state index in [1.54, 1.807) is 37.6 Å². The maximum atomic E-state index is 13.7. The Bertz CT molecular complexity index is 1610. The van der Waals surface area contributed by atoms with E-state index in [2.05, 4.69) is 25.2 Å². The molecule has 4 aromatic rings. The maximum Gasteiger partial charge on any atom is 0.317 e. The minimum absolute atomic E-state index is 0.00963. The van der Waals surface area contributed by atoms with E-state index < -0.39 is 6.36 Å². The summed E-state index contributed by atoms with van der Waals surface area (Å²) in [4.78, 5) is 42.6. The fraction of sp³-hybridized carbons (Fsp3) is 0.370. The standard InChI is InChI=1S/C27H29FN8O3/c1-16-4-7-24(39-17(2)28)22(32-16)15-36-23-10-18(5-6-21(23)25(37)33(36)3)19-11-29-26(30-12-19)34-8-9-35-20(14-34)13-31-27(35)38/h4-7,10-12,17,20H,8-9,13-15H2,1-3H3,(H,31,38)/t17?,20-/m0/s1. The number of hydrogen-bond acceptors (Lipinski definition) is 7. The third kappa shape index (κ3) is 4.55. The van der Waals surface area contributed by atoms with Crippen molar-refractivity contribution in [2.75, 3.05) is 31.1 Å². The number of ether oxygens (including phenoxy) is 1. The van der Waals surface area contributed by atoms with Crippen LogP contribution in [0.4, 0.5) is 15.1 Å². The molecule has 6 rings (SSSR count). The number of halogens is 1. The number of aromatic nitrogens is 5. The van der Waals surface area contributed by atoms with Crippen molar-refractivity contribution in [1.29, 1.82) is 0 Å². The van der Waals surface area contributed by atoms with Gasteiger partial charge in [-0.2, -0.15) is 0 Å². The predicted octanol–water partition coefficient (Wildman–Crippen LogP) is 2.46. The number of carbonyl (C=O) groups excluding carboxylic acids is 1. The van der Waals surface area contributed by atoms with Gasteiger partial charge in [0, 0.05) is 63.8 Å². The van der Waals surface area contributed by atoms with E-state index in [1.807, 2.05) is 28.6 Å². The molecule has 1 unspecified atom stereocenters. The van der Waals surface area contributed by atoms with Crippen LogP contribution in [0.3, 0.4) is 0 Å². The number of hydrogen-bond donors (Lipinski definition) is 1. The third-order valence-corrected chi connectivity index (χ3v) is 7.31. The topological polar surface area (TPSA) is 110 Å². The van der Waals surface area contributed by atoms with Gasteiger partial charge in [-0.1, -0.05) is 6.07 Å². The monoisotopic (exact) mass is 532 g/mol. The SMILES string of the molecule is Cc1ccc(OC(C)F)c(Cn2c3cc(-c4cnc(N5CCN6C(=O)NC[C@H]6C5)nc4)ccc3c(=O)n2C)n1. The summed E-state index contributed by atoms with van der Waals surface area (Å²) in [6.45, 7) is 6.01. The van der Waals surface area contributed by atoms with Gasteiger partial charge in [0.1, 0.15) is 11.4 Å². The van der Waals surface area contributed by atoms with Gasteiger partial charge in [0.2, 0.25) is 12.3 Å². The van der Waals surface area contributed by atoms with E-state index in [0.29, 0.717) is 54.5 Å². The molecule has 202 valence electrons. The average molecular weight is 533 g/mol. The fourth-order valence-corrected chi connectivity index (χ4v) is 5.30. The molecule has 2 saturated heterocycles. The van der Waals surface area contributed by atoms with Crippen molar-refractivity contribution in [2.24, 2.45) is 7.05 Å². The summed E-state index contributed by atoms with van der Waals surface area (Å²) in [7, 11) is 1.70. The first-order valence-electron chi connectivity index (χ1n) is 12.9. The number of fused-ring (bicyclic) bond motifs is 2. The molecule has 0 aliphatic carbocycles. The number of anilines is 1. The molecule has 2 atom stereocenters. The summed E-state index contributed by atoms with van der Waals surface area (Å²) >= 11 is 0. The van der Waals surface area contributed by atoms with Crippen LogP contribution in [-0.2, 0) is 13.6 Å². The van der Waals surface area contributed by atoms with Crippen molar-refractivity contribution in [3.05, 3.63) is 64.5 Å². The normalized spacial score (nSPS) is 17.8. The van der Waals surface area contributed by atoms with Crippen molar-refractivity contribution in [3.8, 4) is 16.9 Å². The number of nitrogens with zero attached hydrogens (tertiary/aromatic N) is 7. The molecule has 2 aliphatic heterocycles. The Morgan fingerprint density at radius 2 is 1.92 bits per heavy atom. The number of pyridine rings is 1. The third-order valence-electron chi connectivity index (χ3n) is 7.31. The highest BCUT2D eigenvalue weighted by atomic mass is 19.1. The molecule has 1 N–H and O–H groups in total. The number of aryl methyl sites for hydroxylation is 1. The lowest BCUT2D eigenvalue weighted by atomic mass is 10.1.